The number of methoxy groups -OCH3 is 1. The molecule has 156 valence electrons. The van der Waals surface area contributed by atoms with Crippen LogP contribution in [0, 0.1) is 0 Å². The van der Waals surface area contributed by atoms with Crippen LogP contribution in [0.3, 0.4) is 0 Å². The fourth-order valence-electron chi connectivity index (χ4n) is 3.99. The highest BCUT2D eigenvalue weighted by Gasteiger charge is 2.40. The number of carbonyl (C=O) groups excluding carboxylic acids is 2. The Balaban J connectivity index is 1.65. The molecule has 1 N–H and O–H groups in total. The second kappa shape index (κ2) is 8.52. The Morgan fingerprint density at radius 2 is 2.10 bits per heavy atom. The average Bonchev–Trinajstić information content (AvgIpc) is 3.20. The molecule has 4 rings (SSSR count). The van der Waals surface area contributed by atoms with Gasteiger partial charge in [0.1, 0.15) is 23.9 Å². The molecule has 30 heavy (non-hydrogen) atoms. The number of nitrogens with one attached hydrogen (secondary N) is 1. The third-order valence-electron chi connectivity index (χ3n) is 5.33. The standard InChI is InChI=1S/C23H22BrNO5/c1-13-20(23(27)28-2)22(21-17(25-13)7-4-8-18(21)26)19-10-9-16(30-19)12-29-15-6-3-5-14(24)11-15/h3,5-6,9-11,22,25H,4,7-8,12H2,1-2H3/t22-/m0/s1. The highest BCUT2D eigenvalue weighted by Crippen LogP contribution is 2.43. The molecule has 0 saturated heterocycles. The van der Waals surface area contributed by atoms with Crippen molar-refractivity contribution in [2.24, 2.45) is 0 Å². The van der Waals surface area contributed by atoms with Crippen LogP contribution in [0.15, 0.2) is 67.8 Å². The molecule has 0 amide bonds. The summed E-state index contributed by atoms with van der Waals surface area (Å²) in [5.41, 5.74) is 2.55. The summed E-state index contributed by atoms with van der Waals surface area (Å²) in [6.45, 7) is 2.06. The molecule has 7 heteroatoms. The maximum atomic E-state index is 12.8. The molecule has 2 aromatic rings. The fourth-order valence-corrected chi connectivity index (χ4v) is 4.37. The SMILES string of the molecule is COC(=O)C1=C(C)NC2=C(C(=O)CCC2)[C@H]1c1ccc(COc2cccc(Br)c2)o1. The molecule has 0 unspecified atom stereocenters. The summed E-state index contributed by atoms with van der Waals surface area (Å²) in [4.78, 5) is 25.3. The maximum absolute atomic E-state index is 12.8. The largest absolute Gasteiger partial charge is 0.486 e. The normalized spacial score (nSPS) is 18.8. The van der Waals surface area contributed by atoms with E-state index in [2.05, 4.69) is 21.2 Å². The third-order valence-corrected chi connectivity index (χ3v) is 5.82. The number of esters is 1. The zero-order chi connectivity index (χ0) is 21.3. The lowest BCUT2D eigenvalue weighted by atomic mass is 9.77. The molecule has 1 aliphatic heterocycles. The Morgan fingerprint density at radius 3 is 2.87 bits per heavy atom. The van der Waals surface area contributed by atoms with E-state index < -0.39 is 11.9 Å². The quantitative estimate of drug-likeness (QED) is 0.633. The molecule has 0 bridgehead atoms. The molecule has 1 aromatic carbocycles. The van der Waals surface area contributed by atoms with Crippen LogP contribution in [-0.4, -0.2) is 18.9 Å². The number of benzene rings is 1. The molecule has 1 aromatic heterocycles. The maximum Gasteiger partial charge on any atom is 0.336 e. The minimum Gasteiger partial charge on any atom is -0.486 e. The Kier molecular flexibility index (Phi) is 5.81. The number of ether oxygens (including phenoxy) is 2. The predicted molar refractivity (Wildman–Crippen MR) is 114 cm³/mol. The van der Waals surface area contributed by atoms with Gasteiger partial charge in [-0.05, 0) is 50.1 Å². The van der Waals surface area contributed by atoms with Crippen LogP contribution >= 0.6 is 15.9 Å². The van der Waals surface area contributed by atoms with Gasteiger partial charge in [-0.15, -0.1) is 0 Å². The first-order valence-corrected chi connectivity index (χ1v) is 10.6. The van der Waals surface area contributed by atoms with Gasteiger partial charge in [-0.25, -0.2) is 4.79 Å². The van der Waals surface area contributed by atoms with E-state index in [4.69, 9.17) is 13.9 Å². The van der Waals surface area contributed by atoms with Crippen LogP contribution in [-0.2, 0) is 20.9 Å². The van der Waals surface area contributed by atoms with Crippen LogP contribution in [0.1, 0.15) is 43.6 Å². The molecule has 2 aliphatic rings. The van der Waals surface area contributed by atoms with Gasteiger partial charge in [0.15, 0.2) is 5.78 Å². The Bertz CT molecular complexity index is 1070. The van der Waals surface area contributed by atoms with Crippen molar-refractivity contribution in [2.45, 2.75) is 38.7 Å². The lowest BCUT2D eigenvalue weighted by molar-refractivity contribution is -0.136. The van der Waals surface area contributed by atoms with E-state index in [0.717, 1.165) is 23.0 Å². The minimum atomic E-state index is -0.582. The van der Waals surface area contributed by atoms with Gasteiger partial charge in [-0.2, -0.15) is 0 Å². The highest BCUT2D eigenvalue weighted by atomic mass is 79.9. The molecule has 2 heterocycles. The monoisotopic (exact) mass is 471 g/mol. The first-order valence-electron chi connectivity index (χ1n) is 9.77. The van der Waals surface area contributed by atoms with Gasteiger partial charge in [0.2, 0.25) is 0 Å². The van der Waals surface area contributed by atoms with Gasteiger partial charge >= 0.3 is 5.97 Å². The number of dihydropyridines is 1. The number of rotatable bonds is 5. The van der Waals surface area contributed by atoms with E-state index in [1.165, 1.54) is 7.11 Å². The number of hydrogen-bond donors (Lipinski definition) is 1. The summed E-state index contributed by atoms with van der Waals surface area (Å²) in [5.74, 6) is 0.829. The third kappa shape index (κ3) is 3.94. The van der Waals surface area contributed by atoms with Gasteiger partial charge in [-0.1, -0.05) is 22.0 Å². The number of allylic oxidation sites excluding steroid dienone is 3. The molecule has 0 saturated carbocycles. The molecule has 1 aliphatic carbocycles. The zero-order valence-corrected chi connectivity index (χ0v) is 18.4. The predicted octanol–water partition coefficient (Wildman–Crippen LogP) is 4.76. The van der Waals surface area contributed by atoms with Crippen molar-refractivity contribution in [1.82, 2.24) is 5.32 Å². The van der Waals surface area contributed by atoms with Crippen molar-refractivity contribution in [3.05, 3.63) is 74.9 Å². The average molecular weight is 472 g/mol. The lowest BCUT2D eigenvalue weighted by Gasteiger charge is -2.32. The van der Waals surface area contributed by atoms with E-state index in [-0.39, 0.29) is 12.4 Å². The molecule has 0 fully saturated rings. The number of hydrogen-bond acceptors (Lipinski definition) is 6. The number of furan rings is 1. The summed E-state index contributed by atoms with van der Waals surface area (Å²) in [5, 5.41) is 3.24. The molecular formula is C23H22BrNO5. The number of halogens is 1. The molecule has 1 atom stereocenters. The van der Waals surface area contributed by atoms with Gasteiger partial charge in [0.25, 0.3) is 0 Å². The lowest BCUT2D eigenvalue weighted by Crippen LogP contribution is -2.34. The topological polar surface area (TPSA) is 77.8 Å². The van der Waals surface area contributed by atoms with Gasteiger partial charge in [0.05, 0.1) is 18.6 Å². The highest BCUT2D eigenvalue weighted by molar-refractivity contribution is 9.10. The first kappa shape index (κ1) is 20.5. The van der Waals surface area contributed by atoms with Crippen molar-refractivity contribution in [3.8, 4) is 5.75 Å². The van der Waals surface area contributed by atoms with E-state index in [1.807, 2.05) is 37.3 Å². The summed E-state index contributed by atoms with van der Waals surface area (Å²) in [6, 6.07) is 11.2. The number of ketones is 1. The van der Waals surface area contributed by atoms with Crippen molar-refractivity contribution in [2.75, 3.05) is 7.11 Å². The molecule has 6 nitrogen and oxygen atoms in total. The minimum absolute atomic E-state index is 0.0333. The van der Waals surface area contributed by atoms with Crippen molar-refractivity contribution in [1.29, 1.82) is 0 Å². The Labute approximate surface area is 183 Å². The van der Waals surface area contributed by atoms with Crippen LogP contribution in [0.25, 0.3) is 0 Å². The van der Waals surface area contributed by atoms with Crippen molar-refractivity contribution < 1.29 is 23.5 Å². The van der Waals surface area contributed by atoms with Crippen molar-refractivity contribution in [3.63, 3.8) is 0 Å². The van der Waals surface area contributed by atoms with Crippen LogP contribution < -0.4 is 10.1 Å². The molecular weight excluding hydrogens is 450 g/mol. The number of Topliss-reactive ketones (excluding diaryl/α,β-unsaturated/α-hetero) is 1. The second-order valence-corrected chi connectivity index (χ2v) is 8.22. The second-order valence-electron chi connectivity index (χ2n) is 7.31. The van der Waals surface area contributed by atoms with E-state index in [1.54, 1.807) is 6.07 Å². The summed E-state index contributed by atoms with van der Waals surface area (Å²) in [6.07, 6.45) is 2.02. The summed E-state index contributed by atoms with van der Waals surface area (Å²) < 4.78 is 17.8. The van der Waals surface area contributed by atoms with Crippen molar-refractivity contribution >= 4 is 27.7 Å². The smallest absolute Gasteiger partial charge is 0.336 e. The number of carbonyl (C=O) groups is 2. The summed E-state index contributed by atoms with van der Waals surface area (Å²) in [7, 11) is 1.34. The Hall–Kier alpha value is -2.80. The van der Waals surface area contributed by atoms with E-state index in [9.17, 15) is 9.59 Å². The van der Waals surface area contributed by atoms with Crippen LogP contribution in [0.2, 0.25) is 0 Å². The molecule has 0 radical (unpaired) electrons. The Morgan fingerprint density at radius 1 is 1.27 bits per heavy atom. The zero-order valence-electron chi connectivity index (χ0n) is 16.8. The fraction of sp³-hybridized carbons (Fsp3) is 0.304. The van der Waals surface area contributed by atoms with Gasteiger partial charge in [0, 0.05) is 27.9 Å². The first-order chi connectivity index (χ1) is 14.5. The van der Waals surface area contributed by atoms with E-state index >= 15 is 0 Å². The van der Waals surface area contributed by atoms with Crippen LogP contribution in [0.4, 0.5) is 0 Å². The van der Waals surface area contributed by atoms with Gasteiger partial charge < -0.3 is 19.2 Å². The molecule has 0 spiro atoms. The van der Waals surface area contributed by atoms with Crippen LogP contribution in [0.5, 0.6) is 5.75 Å². The van der Waals surface area contributed by atoms with E-state index in [0.29, 0.717) is 40.5 Å². The van der Waals surface area contributed by atoms with Gasteiger partial charge in [-0.3, -0.25) is 4.79 Å². The summed E-state index contributed by atoms with van der Waals surface area (Å²) >= 11 is 3.42.